The summed E-state index contributed by atoms with van der Waals surface area (Å²) in [5.41, 5.74) is 5.38. The maximum Gasteiger partial charge on any atom is 0.161 e. The monoisotopic (exact) mass is 429 g/mol. The molecule has 0 spiro atoms. The molecule has 32 heavy (non-hydrogen) atoms. The van der Waals surface area contributed by atoms with Gasteiger partial charge in [-0.2, -0.15) is 5.10 Å². The van der Waals surface area contributed by atoms with Crippen molar-refractivity contribution in [3.8, 4) is 11.5 Å². The molecule has 1 saturated carbocycles. The van der Waals surface area contributed by atoms with Crippen molar-refractivity contribution in [3.05, 3.63) is 82.7 Å². The van der Waals surface area contributed by atoms with Crippen LogP contribution in [0.1, 0.15) is 47.3 Å². The molecule has 0 amide bonds. The Kier molecular flexibility index (Phi) is 5.21. The Morgan fingerprint density at radius 2 is 1.84 bits per heavy atom. The molecule has 3 aromatic rings. The molecule has 2 aliphatic rings. The molecule has 0 radical (unpaired) electrons. The standard InChI is InChI=1S/C26H27N3O3/c1-31-22-12-11-19(15-23(22)32-2)26(18-9-4-3-5-10-18)14-13-20-21(16-26)27-28-25(20)24(29-30)17-7-6-8-17/h3-5,9-15,17,30H,6-8,16H2,1-2H3,(H,27,28). The van der Waals surface area contributed by atoms with Crippen LogP contribution in [0.4, 0.5) is 0 Å². The van der Waals surface area contributed by atoms with Gasteiger partial charge >= 0.3 is 0 Å². The number of nitrogens with zero attached hydrogens (tertiary/aromatic N) is 2. The van der Waals surface area contributed by atoms with Crippen molar-refractivity contribution in [2.24, 2.45) is 11.1 Å². The van der Waals surface area contributed by atoms with Gasteiger partial charge in [0, 0.05) is 29.0 Å². The van der Waals surface area contributed by atoms with Gasteiger partial charge in [0.2, 0.25) is 0 Å². The van der Waals surface area contributed by atoms with E-state index in [1.165, 1.54) is 12.0 Å². The minimum atomic E-state index is -0.398. The molecule has 2 N–H and O–H groups in total. The maximum atomic E-state index is 9.68. The third-order valence-corrected chi connectivity index (χ3v) is 6.90. The lowest BCUT2D eigenvalue weighted by Gasteiger charge is -2.35. The first kappa shape index (κ1) is 20.4. The molecule has 164 valence electrons. The summed E-state index contributed by atoms with van der Waals surface area (Å²) >= 11 is 0. The molecular weight excluding hydrogens is 402 g/mol. The molecule has 1 atom stereocenters. The topological polar surface area (TPSA) is 79.7 Å². The van der Waals surface area contributed by atoms with Crippen LogP contribution < -0.4 is 9.47 Å². The second kappa shape index (κ2) is 8.19. The molecule has 0 aliphatic heterocycles. The van der Waals surface area contributed by atoms with Gasteiger partial charge in [-0.3, -0.25) is 5.10 Å². The molecule has 1 aromatic heterocycles. The summed E-state index contributed by atoms with van der Waals surface area (Å²) < 4.78 is 11.1. The number of oxime groups is 1. The van der Waals surface area contributed by atoms with Crippen LogP contribution in [0.3, 0.4) is 0 Å². The summed E-state index contributed by atoms with van der Waals surface area (Å²) in [6.07, 6.45) is 8.32. The Labute approximate surface area is 187 Å². The van der Waals surface area contributed by atoms with E-state index in [0.717, 1.165) is 35.4 Å². The number of allylic oxidation sites excluding steroid dienone is 1. The van der Waals surface area contributed by atoms with Gasteiger partial charge < -0.3 is 14.7 Å². The minimum absolute atomic E-state index is 0.285. The Hall–Kier alpha value is -3.54. The van der Waals surface area contributed by atoms with E-state index < -0.39 is 5.41 Å². The number of H-pyrrole nitrogens is 1. The predicted octanol–water partition coefficient (Wildman–Crippen LogP) is 4.96. The van der Waals surface area contributed by atoms with E-state index in [2.05, 4.69) is 57.8 Å². The molecule has 6 nitrogen and oxygen atoms in total. The lowest BCUT2D eigenvalue weighted by Crippen LogP contribution is -2.31. The van der Waals surface area contributed by atoms with Gasteiger partial charge in [-0.15, -0.1) is 0 Å². The second-order valence-electron chi connectivity index (χ2n) is 8.49. The van der Waals surface area contributed by atoms with Gasteiger partial charge in [0.05, 0.1) is 14.2 Å². The largest absolute Gasteiger partial charge is 0.493 e. The van der Waals surface area contributed by atoms with Gasteiger partial charge in [0.15, 0.2) is 11.5 Å². The van der Waals surface area contributed by atoms with E-state index in [0.29, 0.717) is 23.6 Å². The van der Waals surface area contributed by atoms with Crippen molar-refractivity contribution in [2.75, 3.05) is 14.2 Å². The highest BCUT2D eigenvalue weighted by molar-refractivity contribution is 6.04. The molecule has 2 aromatic carbocycles. The molecular formula is C26H27N3O3. The average molecular weight is 430 g/mol. The lowest BCUT2D eigenvalue weighted by atomic mass is 9.68. The number of aromatic nitrogens is 2. The van der Waals surface area contributed by atoms with Crippen LogP contribution in [0.2, 0.25) is 0 Å². The van der Waals surface area contributed by atoms with Crippen molar-refractivity contribution >= 4 is 11.8 Å². The number of benzene rings is 2. The number of methoxy groups -OCH3 is 2. The van der Waals surface area contributed by atoms with Gasteiger partial charge in [-0.25, -0.2) is 0 Å². The van der Waals surface area contributed by atoms with Crippen molar-refractivity contribution in [2.45, 2.75) is 31.1 Å². The summed E-state index contributed by atoms with van der Waals surface area (Å²) in [6, 6.07) is 16.5. The van der Waals surface area contributed by atoms with Gasteiger partial charge in [-0.05, 0) is 36.1 Å². The third-order valence-electron chi connectivity index (χ3n) is 6.90. The fraction of sp³-hybridized carbons (Fsp3) is 0.308. The highest BCUT2D eigenvalue weighted by atomic mass is 16.5. The smallest absolute Gasteiger partial charge is 0.161 e. The van der Waals surface area contributed by atoms with E-state index in [1.54, 1.807) is 14.2 Å². The zero-order valence-electron chi connectivity index (χ0n) is 18.3. The van der Waals surface area contributed by atoms with E-state index in [-0.39, 0.29) is 5.92 Å². The number of hydrogen-bond donors (Lipinski definition) is 2. The summed E-state index contributed by atoms with van der Waals surface area (Å²) in [5, 5.41) is 21.1. The Balaban J connectivity index is 1.62. The Bertz CT molecular complexity index is 1180. The Morgan fingerprint density at radius 1 is 1.06 bits per heavy atom. The van der Waals surface area contributed by atoms with E-state index in [4.69, 9.17) is 9.47 Å². The number of ether oxygens (including phenoxy) is 2. The maximum absolute atomic E-state index is 9.68. The van der Waals surface area contributed by atoms with E-state index >= 15 is 0 Å². The molecule has 6 heteroatoms. The van der Waals surface area contributed by atoms with E-state index in [9.17, 15) is 5.21 Å². The first-order chi connectivity index (χ1) is 15.7. The van der Waals surface area contributed by atoms with E-state index in [1.807, 2.05) is 18.2 Å². The van der Waals surface area contributed by atoms with Crippen LogP contribution in [-0.4, -0.2) is 35.3 Å². The van der Waals surface area contributed by atoms with Crippen molar-refractivity contribution in [1.82, 2.24) is 10.2 Å². The van der Waals surface area contributed by atoms with Crippen molar-refractivity contribution in [1.29, 1.82) is 0 Å². The molecule has 1 heterocycles. The molecule has 2 aliphatic carbocycles. The third kappa shape index (κ3) is 3.18. The number of fused-ring (bicyclic) bond motifs is 1. The SMILES string of the molecule is COc1ccc(C2(c3ccccc3)C=Cc3c(C(=NO)C4CCC4)n[nH]c3C2)cc1OC. The van der Waals surface area contributed by atoms with Crippen LogP contribution in [0.15, 0.2) is 59.8 Å². The average Bonchev–Trinajstić information content (AvgIpc) is 3.23. The highest BCUT2D eigenvalue weighted by Gasteiger charge is 2.38. The molecule has 5 rings (SSSR count). The Morgan fingerprint density at radius 3 is 2.50 bits per heavy atom. The number of aromatic amines is 1. The zero-order valence-corrected chi connectivity index (χ0v) is 18.3. The highest BCUT2D eigenvalue weighted by Crippen LogP contribution is 2.44. The lowest BCUT2D eigenvalue weighted by molar-refractivity contribution is 0.305. The van der Waals surface area contributed by atoms with Crippen LogP contribution >= 0.6 is 0 Å². The zero-order chi connectivity index (χ0) is 22.1. The van der Waals surface area contributed by atoms with Gasteiger partial charge in [0.1, 0.15) is 11.4 Å². The van der Waals surface area contributed by atoms with Crippen LogP contribution in [-0.2, 0) is 11.8 Å². The minimum Gasteiger partial charge on any atom is -0.493 e. The van der Waals surface area contributed by atoms with Crippen LogP contribution in [0, 0.1) is 5.92 Å². The molecule has 0 saturated heterocycles. The summed E-state index contributed by atoms with van der Waals surface area (Å²) in [4.78, 5) is 0. The normalized spacial score (nSPS) is 20.5. The van der Waals surface area contributed by atoms with Gasteiger partial charge in [-0.1, -0.05) is 60.1 Å². The summed E-state index contributed by atoms with van der Waals surface area (Å²) in [5.74, 6) is 1.69. The molecule has 1 fully saturated rings. The predicted molar refractivity (Wildman–Crippen MR) is 124 cm³/mol. The number of rotatable bonds is 6. The number of nitrogens with one attached hydrogen (secondary N) is 1. The van der Waals surface area contributed by atoms with Crippen molar-refractivity contribution < 1.29 is 14.7 Å². The van der Waals surface area contributed by atoms with Crippen LogP contribution in [0.25, 0.3) is 6.08 Å². The quantitative estimate of drug-likeness (QED) is 0.330. The fourth-order valence-corrected chi connectivity index (χ4v) is 4.88. The molecule has 1 unspecified atom stereocenters. The van der Waals surface area contributed by atoms with Gasteiger partial charge in [0.25, 0.3) is 0 Å². The number of hydrogen-bond acceptors (Lipinski definition) is 5. The molecule has 0 bridgehead atoms. The first-order valence-corrected chi connectivity index (χ1v) is 11.0. The second-order valence-corrected chi connectivity index (χ2v) is 8.49. The first-order valence-electron chi connectivity index (χ1n) is 11.0. The fourth-order valence-electron chi connectivity index (χ4n) is 4.88. The van der Waals surface area contributed by atoms with Crippen molar-refractivity contribution in [3.63, 3.8) is 0 Å². The van der Waals surface area contributed by atoms with Crippen LogP contribution in [0.5, 0.6) is 11.5 Å². The summed E-state index contributed by atoms with van der Waals surface area (Å²) in [6.45, 7) is 0. The summed E-state index contributed by atoms with van der Waals surface area (Å²) in [7, 11) is 3.30.